The fraction of sp³-hybridized carbons (Fsp3) is 0.182. The first-order valence-electron chi connectivity index (χ1n) is 13.4. The summed E-state index contributed by atoms with van der Waals surface area (Å²) in [6, 6.07) is 20.7. The van der Waals surface area contributed by atoms with Gasteiger partial charge in [0, 0.05) is 41.9 Å². The number of rotatable bonds is 6. The van der Waals surface area contributed by atoms with Crippen molar-refractivity contribution in [3.63, 3.8) is 0 Å². The van der Waals surface area contributed by atoms with Gasteiger partial charge < -0.3 is 15.7 Å². The molecule has 3 aromatic carbocycles. The van der Waals surface area contributed by atoms with E-state index >= 15 is 0 Å². The molecule has 7 nitrogen and oxygen atoms in total. The van der Waals surface area contributed by atoms with Crippen LogP contribution in [-0.4, -0.2) is 25.8 Å². The van der Waals surface area contributed by atoms with Crippen LogP contribution in [-0.2, 0) is 17.8 Å². The molecule has 7 heteroatoms. The van der Waals surface area contributed by atoms with Crippen molar-refractivity contribution in [2.45, 2.75) is 40.7 Å². The fourth-order valence-corrected chi connectivity index (χ4v) is 5.75. The summed E-state index contributed by atoms with van der Waals surface area (Å²) >= 11 is 0. The van der Waals surface area contributed by atoms with Gasteiger partial charge in [-0.05, 0) is 90.9 Å². The Morgan fingerprint density at radius 2 is 1.70 bits per heavy atom. The lowest BCUT2D eigenvalue weighted by Gasteiger charge is -2.30. The van der Waals surface area contributed by atoms with Crippen molar-refractivity contribution in [1.29, 1.82) is 0 Å². The number of nitrogens with zero attached hydrogens (tertiary/aromatic N) is 3. The van der Waals surface area contributed by atoms with Gasteiger partial charge in [0.05, 0.1) is 17.8 Å². The maximum atomic E-state index is 11.9. The average molecular weight is 530 g/mol. The van der Waals surface area contributed by atoms with Gasteiger partial charge in [-0.15, -0.1) is 0 Å². The van der Waals surface area contributed by atoms with Gasteiger partial charge >= 0.3 is 5.97 Å². The lowest BCUT2D eigenvalue weighted by molar-refractivity contribution is -0.136. The average Bonchev–Trinajstić information content (AvgIpc) is 3.31. The Morgan fingerprint density at radius 1 is 0.950 bits per heavy atom. The maximum absolute atomic E-state index is 11.9. The number of hydrogen-bond donors (Lipinski definition) is 3. The van der Waals surface area contributed by atoms with Crippen LogP contribution < -0.4 is 10.6 Å². The summed E-state index contributed by atoms with van der Waals surface area (Å²) in [5.74, 6) is 0.0301. The first-order chi connectivity index (χ1) is 19.3. The van der Waals surface area contributed by atoms with Crippen LogP contribution in [0.25, 0.3) is 27.9 Å². The number of aryl methyl sites for hydroxylation is 2. The first-order valence-corrected chi connectivity index (χ1v) is 13.4. The zero-order valence-corrected chi connectivity index (χ0v) is 23.0. The van der Waals surface area contributed by atoms with Crippen LogP contribution in [0.5, 0.6) is 0 Å². The monoisotopic (exact) mass is 529 g/mol. The fourth-order valence-electron chi connectivity index (χ4n) is 5.75. The second-order valence-electron chi connectivity index (χ2n) is 10.4. The summed E-state index contributed by atoms with van der Waals surface area (Å²) in [6.45, 7) is 8.85. The summed E-state index contributed by atoms with van der Waals surface area (Å²) in [5.41, 5.74) is 13.4. The minimum absolute atomic E-state index is 0.0301. The molecule has 0 aliphatic carbocycles. The number of pyridine rings is 1. The van der Waals surface area contributed by atoms with E-state index in [4.69, 9.17) is 0 Å². The highest BCUT2D eigenvalue weighted by molar-refractivity contribution is 5.96. The van der Waals surface area contributed by atoms with Gasteiger partial charge in [0.15, 0.2) is 0 Å². The number of carboxylic acid groups (broad SMARTS) is 1. The second kappa shape index (κ2) is 10.0. The van der Waals surface area contributed by atoms with Gasteiger partial charge in [0.1, 0.15) is 5.82 Å². The van der Waals surface area contributed by atoms with Gasteiger partial charge in [-0.25, -0.2) is 4.68 Å². The number of carboxylic acids is 1. The number of carbonyl (C=O) groups is 1. The molecule has 0 saturated carbocycles. The van der Waals surface area contributed by atoms with Crippen LogP contribution in [0.4, 0.5) is 17.2 Å². The van der Waals surface area contributed by atoms with E-state index in [-0.39, 0.29) is 6.42 Å². The first kappa shape index (κ1) is 25.4. The predicted molar refractivity (Wildman–Crippen MR) is 160 cm³/mol. The number of nitrogens with one attached hydrogen (secondary N) is 2. The topological polar surface area (TPSA) is 92.1 Å². The van der Waals surface area contributed by atoms with Crippen molar-refractivity contribution in [3.05, 3.63) is 107 Å². The van der Waals surface area contributed by atoms with Crippen LogP contribution in [0.15, 0.2) is 73.1 Å². The molecule has 2 aromatic heterocycles. The van der Waals surface area contributed by atoms with Crippen LogP contribution in [0.1, 0.15) is 33.5 Å². The number of aromatic nitrogens is 3. The van der Waals surface area contributed by atoms with Crippen LogP contribution in [0.3, 0.4) is 0 Å². The van der Waals surface area contributed by atoms with Crippen molar-refractivity contribution >= 4 is 23.2 Å². The SMILES string of the molecule is Cc1ccc(-c2c(C)c3c(c(C)c2CC(=O)O)NCc2ccc(Nc4cc(C)nn4-c4ccncc4)cc2-3)cc1. The summed E-state index contributed by atoms with van der Waals surface area (Å²) in [5, 5.41) is 21.7. The molecule has 1 aliphatic heterocycles. The van der Waals surface area contributed by atoms with Gasteiger partial charge in [-0.3, -0.25) is 9.78 Å². The molecule has 0 spiro atoms. The molecule has 40 heavy (non-hydrogen) atoms. The Hall–Kier alpha value is -4.91. The lowest BCUT2D eigenvalue weighted by atomic mass is 9.81. The van der Waals surface area contributed by atoms with Gasteiger partial charge in [-0.2, -0.15) is 5.10 Å². The molecule has 0 saturated heterocycles. The van der Waals surface area contributed by atoms with E-state index in [1.54, 1.807) is 12.4 Å². The van der Waals surface area contributed by atoms with Gasteiger partial charge in [-0.1, -0.05) is 35.9 Å². The quantitative estimate of drug-likeness (QED) is 0.217. The van der Waals surface area contributed by atoms with Crippen LogP contribution >= 0.6 is 0 Å². The Balaban J connectivity index is 1.49. The molecule has 6 rings (SSSR count). The van der Waals surface area contributed by atoms with Crippen molar-refractivity contribution < 1.29 is 9.90 Å². The number of aliphatic carboxylic acids is 1. The second-order valence-corrected chi connectivity index (χ2v) is 10.4. The molecular formula is C33H31N5O2. The van der Waals surface area contributed by atoms with Crippen molar-refractivity contribution in [2.75, 3.05) is 10.6 Å². The van der Waals surface area contributed by atoms with E-state index in [0.717, 1.165) is 67.5 Å². The van der Waals surface area contributed by atoms with Crippen LogP contribution in [0, 0.1) is 27.7 Å². The van der Waals surface area contributed by atoms with E-state index in [2.05, 4.69) is 77.0 Å². The highest BCUT2D eigenvalue weighted by Crippen LogP contribution is 2.47. The van der Waals surface area contributed by atoms with Crippen molar-refractivity contribution in [3.8, 4) is 27.9 Å². The van der Waals surface area contributed by atoms with Crippen molar-refractivity contribution in [1.82, 2.24) is 14.8 Å². The standard InChI is InChI=1S/C33H31N5O2/c1-19-5-7-23(8-6-19)31-22(4)32-28-16-25(36-29-15-20(2)37-38(29)26-11-13-34-14-12-26)10-9-24(28)18-35-33(32)21(3)27(31)17-30(39)40/h5-16,35-36H,17-18H2,1-4H3,(H,39,40). The van der Waals surface area contributed by atoms with E-state index in [1.165, 1.54) is 11.1 Å². The highest BCUT2D eigenvalue weighted by atomic mass is 16.4. The minimum atomic E-state index is -0.834. The third kappa shape index (κ3) is 4.49. The zero-order chi connectivity index (χ0) is 28.0. The molecule has 200 valence electrons. The molecule has 0 atom stereocenters. The molecule has 0 amide bonds. The Kier molecular flexibility index (Phi) is 6.34. The zero-order valence-electron chi connectivity index (χ0n) is 23.0. The number of hydrogen-bond acceptors (Lipinski definition) is 5. The molecule has 0 unspecified atom stereocenters. The van der Waals surface area contributed by atoms with E-state index < -0.39 is 5.97 Å². The third-order valence-electron chi connectivity index (χ3n) is 7.64. The van der Waals surface area contributed by atoms with Gasteiger partial charge in [0.2, 0.25) is 0 Å². The summed E-state index contributed by atoms with van der Waals surface area (Å²) in [6.07, 6.45) is 3.49. The Morgan fingerprint density at radius 3 is 2.42 bits per heavy atom. The number of anilines is 3. The highest BCUT2D eigenvalue weighted by Gasteiger charge is 2.27. The number of benzene rings is 3. The maximum Gasteiger partial charge on any atom is 0.307 e. The van der Waals surface area contributed by atoms with E-state index in [1.807, 2.05) is 36.7 Å². The largest absolute Gasteiger partial charge is 0.481 e. The van der Waals surface area contributed by atoms with Gasteiger partial charge in [0.25, 0.3) is 0 Å². The molecule has 3 heterocycles. The third-order valence-corrected chi connectivity index (χ3v) is 7.64. The lowest BCUT2D eigenvalue weighted by Crippen LogP contribution is -2.15. The Bertz CT molecular complexity index is 1750. The number of fused-ring (bicyclic) bond motifs is 3. The normalized spacial score (nSPS) is 11.9. The minimum Gasteiger partial charge on any atom is -0.481 e. The van der Waals surface area contributed by atoms with E-state index in [9.17, 15) is 9.90 Å². The molecule has 0 bridgehead atoms. The smallest absolute Gasteiger partial charge is 0.307 e. The molecule has 1 aliphatic rings. The predicted octanol–water partition coefficient (Wildman–Crippen LogP) is 7.13. The molecule has 0 fully saturated rings. The van der Waals surface area contributed by atoms with Crippen molar-refractivity contribution in [2.24, 2.45) is 0 Å². The molecular weight excluding hydrogens is 498 g/mol. The summed E-state index contributed by atoms with van der Waals surface area (Å²) in [4.78, 5) is 16.1. The Labute approximate surface area is 233 Å². The summed E-state index contributed by atoms with van der Waals surface area (Å²) < 4.78 is 1.88. The molecule has 0 radical (unpaired) electrons. The molecule has 5 aromatic rings. The van der Waals surface area contributed by atoms with Crippen LogP contribution in [0.2, 0.25) is 0 Å². The van der Waals surface area contributed by atoms with E-state index in [0.29, 0.717) is 6.54 Å². The molecule has 3 N–H and O–H groups in total. The summed E-state index contributed by atoms with van der Waals surface area (Å²) in [7, 11) is 0.